The van der Waals surface area contributed by atoms with Gasteiger partial charge in [-0.3, -0.25) is 0 Å². The number of rotatable bonds is 7. The number of benzene rings is 1. The van der Waals surface area contributed by atoms with Gasteiger partial charge in [0.05, 0.1) is 0 Å². The Bertz CT molecular complexity index is 896. The largest absolute Gasteiger partial charge is 0.477 e. The summed E-state index contributed by atoms with van der Waals surface area (Å²) < 4.78 is 0. The van der Waals surface area contributed by atoms with E-state index in [0.717, 1.165) is 38.0 Å². The molecule has 1 atom stereocenters. The molecule has 2 aliphatic carbocycles. The number of carboxylic acids is 1. The molecule has 0 aromatic heterocycles. The summed E-state index contributed by atoms with van der Waals surface area (Å²) in [5.74, 6) is -0.740. The van der Waals surface area contributed by atoms with Crippen molar-refractivity contribution in [2.24, 2.45) is 5.92 Å². The average Bonchev–Trinajstić information content (AvgIpc) is 2.73. The molecule has 4 heteroatoms. The number of hydrogen-bond donors (Lipinski definition) is 1. The van der Waals surface area contributed by atoms with Crippen LogP contribution < -0.4 is 4.90 Å². The normalized spacial score (nSPS) is 18.5. The predicted molar refractivity (Wildman–Crippen MR) is 113 cm³/mol. The average molecular weight is 372 g/mol. The summed E-state index contributed by atoms with van der Waals surface area (Å²) in [7, 11) is 0. The van der Waals surface area contributed by atoms with E-state index in [2.05, 4.69) is 47.4 Å². The molecule has 0 saturated carbocycles. The summed E-state index contributed by atoms with van der Waals surface area (Å²) in [6.07, 6.45) is 20.0. The maximum Gasteiger partial charge on any atom is 0.346 e. The second kappa shape index (κ2) is 9.57. The molecule has 2 aliphatic rings. The van der Waals surface area contributed by atoms with E-state index in [9.17, 15) is 4.79 Å². The molecule has 0 heterocycles. The first-order chi connectivity index (χ1) is 13.7. The molecule has 1 aromatic carbocycles. The third-order valence-corrected chi connectivity index (χ3v) is 4.89. The standard InChI is InChI=1S/C24H24N2O2/c25-16-22(24(27)28)15-19-11-13-23(14-12-19)26(17-20-7-3-1-4-8-20)18-21-9-5-2-6-10-21/h1,3-5,7,9-15,20H,2,6,8,17-18H2,(H,27,28)/b22-15+. The van der Waals surface area contributed by atoms with E-state index in [0.29, 0.717) is 11.5 Å². The molecular formula is C24H24N2O2. The lowest BCUT2D eigenvalue weighted by Gasteiger charge is -2.29. The number of carboxylic acid groups (broad SMARTS) is 1. The molecule has 4 nitrogen and oxygen atoms in total. The Hall–Kier alpha value is -3.32. The van der Waals surface area contributed by atoms with Crippen LogP contribution in [0.2, 0.25) is 0 Å². The van der Waals surface area contributed by atoms with Crippen molar-refractivity contribution in [1.82, 2.24) is 0 Å². The molecule has 0 fully saturated rings. The molecule has 1 N–H and O–H groups in total. The van der Waals surface area contributed by atoms with Crippen molar-refractivity contribution in [2.75, 3.05) is 18.0 Å². The van der Waals surface area contributed by atoms with Crippen molar-refractivity contribution in [2.45, 2.75) is 19.3 Å². The van der Waals surface area contributed by atoms with Crippen LogP contribution in [0.3, 0.4) is 0 Å². The van der Waals surface area contributed by atoms with E-state index in [1.165, 1.54) is 11.6 Å². The number of anilines is 1. The van der Waals surface area contributed by atoms with Crippen molar-refractivity contribution < 1.29 is 9.90 Å². The second-order valence-electron chi connectivity index (χ2n) is 7.01. The Labute approximate surface area is 166 Å². The third kappa shape index (κ3) is 5.34. The number of hydrogen-bond acceptors (Lipinski definition) is 3. The van der Waals surface area contributed by atoms with Gasteiger partial charge < -0.3 is 10.0 Å². The summed E-state index contributed by atoms with van der Waals surface area (Å²) in [6, 6.07) is 9.44. The highest BCUT2D eigenvalue weighted by molar-refractivity contribution is 5.96. The molecule has 0 bridgehead atoms. The van der Waals surface area contributed by atoms with Gasteiger partial charge in [0.1, 0.15) is 11.6 Å². The van der Waals surface area contributed by atoms with E-state index < -0.39 is 5.97 Å². The van der Waals surface area contributed by atoms with Crippen molar-refractivity contribution >= 4 is 17.7 Å². The summed E-state index contributed by atoms with van der Waals surface area (Å²) in [4.78, 5) is 13.4. The van der Waals surface area contributed by atoms with Gasteiger partial charge in [0.25, 0.3) is 0 Å². The zero-order chi connectivity index (χ0) is 19.8. The van der Waals surface area contributed by atoms with E-state index in [4.69, 9.17) is 10.4 Å². The number of aliphatic carboxylic acids is 1. The first-order valence-electron chi connectivity index (χ1n) is 9.54. The van der Waals surface area contributed by atoms with Gasteiger partial charge in [-0.15, -0.1) is 0 Å². The Morgan fingerprint density at radius 2 is 2.04 bits per heavy atom. The van der Waals surface area contributed by atoms with Crippen LogP contribution in [-0.2, 0) is 4.79 Å². The van der Waals surface area contributed by atoms with Gasteiger partial charge in [-0.2, -0.15) is 5.26 Å². The fourth-order valence-corrected chi connectivity index (χ4v) is 3.41. The van der Waals surface area contributed by atoms with Crippen LogP contribution in [0, 0.1) is 17.2 Å². The lowest BCUT2D eigenvalue weighted by Crippen LogP contribution is -2.31. The van der Waals surface area contributed by atoms with Gasteiger partial charge in [0.15, 0.2) is 0 Å². The van der Waals surface area contributed by atoms with Crippen molar-refractivity contribution in [1.29, 1.82) is 5.26 Å². The lowest BCUT2D eigenvalue weighted by atomic mass is 9.99. The van der Waals surface area contributed by atoms with Crippen LogP contribution in [-0.4, -0.2) is 24.2 Å². The molecule has 0 aliphatic heterocycles. The van der Waals surface area contributed by atoms with Crippen molar-refractivity contribution in [3.8, 4) is 6.07 Å². The summed E-state index contributed by atoms with van der Waals surface area (Å²) in [5.41, 5.74) is 2.86. The van der Waals surface area contributed by atoms with Crippen LogP contribution in [0.5, 0.6) is 0 Å². The molecular weight excluding hydrogens is 348 g/mol. The molecule has 0 spiro atoms. The van der Waals surface area contributed by atoms with Gasteiger partial charge in [-0.1, -0.05) is 54.7 Å². The first-order valence-corrected chi connectivity index (χ1v) is 9.54. The zero-order valence-corrected chi connectivity index (χ0v) is 15.8. The van der Waals surface area contributed by atoms with Crippen molar-refractivity contribution in [3.05, 3.63) is 83.5 Å². The van der Waals surface area contributed by atoms with Gasteiger partial charge in [0.2, 0.25) is 0 Å². The van der Waals surface area contributed by atoms with Crippen molar-refractivity contribution in [3.63, 3.8) is 0 Å². The minimum Gasteiger partial charge on any atom is -0.477 e. The fraction of sp³-hybridized carbons (Fsp3) is 0.250. The summed E-state index contributed by atoms with van der Waals surface area (Å²) >= 11 is 0. The highest BCUT2D eigenvalue weighted by atomic mass is 16.4. The van der Waals surface area contributed by atoms with Gasteiger partial charge in [0, 0.05) is 18.8 Å². The van der Waals surface area contributed by atoms with Gasteiger partial charge >= 0.3 is 5.97 Å². The van der Waals surface area contributed by atoms with Crippen LogP contribution in [0.25, 0.3) is 6.08 Å². The molecule has 1 aromatic rings. The quantitative estimate of drug-likeness (QED) is 0.546. The highest BCUT2D eigenvalue weighted by Gasteiger charge is 2.15. The lowest BCUT2D eigenvalue weighted by molar-refractivity contribution is -0.132. The Kier molecular flexibility index (Phi) is 6.64. The molecule has 28 heavy (non-hydrogen) atoms. The van der Waals surface area contributed by atoms with E-state index in [-0.39, 0.29) is 5.57 Å². The SMILES string of the molecule is N#C/C(=C\c1ccc(N(CC2=CCCC=C2)CC2C=CC=CC2)cc1)C(=O)O. The molecule has 142 valence electrons. The van der Waals surface area contributed by atoms with E-state index in [1.807, 2.05) is 24.3 Å². The highest BCUT2D eigenvalue weighted by Crippen LogP contribution is 2.23. The smallest absolute Gasteiger partial charge is 0.346 e. The minimum absolute atomic E-state index is 0.263. The van der Waals surface area contributed by atoms with E-state index in [1.54, 1.807) is 6.07 Å². The monoisotopic (exact) mass is 372 g/mol. The Balaban J connectivity index is 1.80. The molecule has 0 amide bonds. The van der Waals surface area contributed by atoms with Crippen LogP contribution in [0.4, 0.5) is 5.69 Å². The van der Waals surface area contributed by atoms with Gasteiger partial charge in [-0.25, -0.2) is 4.79 Å². The molecule has 3 rings (SSSR count). The molecule has 0 saturated heterocycles. The Morgan fingerprint density at radius 1 is 1.21 bits per heavy atom. The fourth-order valence-electron chi connectivity index (χ4n) is 3.41. The topological polar surface area (TPSA) is 64.3 Å². The number of nitriles is 1. The minimum atomic E-state index is -1.21. The number of allylic oxidation sites excluding steroid dienone is 5. The summed E-state index contributed by atoms with van der Waals surface area (Å²) in [5, 5.41) is 18.0. The van der Waals surface area contributed by atoms with Gasteiger partial charge in [-0.05, 0) is 54.5 Å². The molecule has 0 radical (unpaired) electrons. The Morgan fingerprint density at radius 3 is 2.64 bits per heavy atom. The second-order valence-corrected chi connectivity index (χ2v) is 7.01. The number of nitrogens with zero attached hydrogens (tertiary/aromatic N) is 2. The molecule has 1 unspecified atom stereocenters. The number of carbonyl (C=O) groups is 1. The van der Waals surface area contributed by atoms with Crippen LogP contribution in [0.1, 0.15) is 24.8 Å². The van der Waals surface area contributed by atoms with Crippen LogP contribution in [0.15, 0.2) is 77.9 Å². The van der Waals surface area contributed by atoms with E-state index >= 15 is 0 Å². The predicted octanol–water partition coefficient (Wildman–Crippen LogP) is 4.89. The first kappa shape index (κ1) is 19.4. The van der Waals surface area contributed by atoms with Crippen LogP contribution >= 0.6 is 0 Å². The zero-order valence-electron chi connectivity index (χ0n) is 15.8. The maximum atomic E-state index is 11.0. The maximum absolute atomic E-state index is 11.0. The third-order valence-electron chi connectivity index (χ3n) is 4.89. The summed E-state index contributed by atoms with van der Waals surface area (Å²) in [6.45, 7) is 1.76.